The fraction of sp³-hybridized carbons (Fsp3) is 0.150. The Labute approximate surface area is 145 Å². The number of aryl methyl sites for hydroxylation is 2. The Morgan fingerprint density at radius 3 is 2.60 bits per heavy atom. The highest BCUT2D eigenvalue weighted by molar-refractivity contribution is 5.79. The summed E-state index contributed by atoms with van der Waals surface area (Å²) in [6.45, 7) is 4.10. The molecule has 0 fully saturated rings. The van der Waals surface area contributed by atoms with Gasteiger partial charge in [0, 0.05) is 34.8 Å². The van der Waals surface area contributed by atoms with Gasteiger partial charge in [0.05, 0.1) is 19.0 Å². The number of hydrogen-bond acceptors (Lipinski definition) is 4. The molecule has 0 radical (unpaired) electrons. The predicted molar refractivity (Wildman–Crippen MR) is 97.7 cm³/mol. The van der Waals surface area contributed by atoms with Crippen molar-refractivity contribution in [2.75, 3.05) is 7.11 Å². The van der Waals surface area contributed by atoms with Gasteiger partial charge < -0.3 is 4.74 Å². The summed E-state index contributed by atoms with van der Waals surface area (Å²) in [7, 11) is 1.67. The van der Waals surface area contributed by atoms with Crippen LogP contribution >= 0.6 is 0 Å². The number of methoxy groups -OCH3 is 1. The molecule has 124 valence electrons. The van der Waals surface area contributed by atoms with E-state index in [2.05, 4.69) is 23.1 Å². The Balaban J connectivity index is 1.94. The molecule has 3 heterocycles. The minimum Gasteiger partial charge on any atom is -0.497 e. The Hall–Kier alpha value is -3.21. The number of rotatable bonds is 3. The van der Waals surface area contributed by atoms with Crippen LogP contribution in [0.15, 0.2) is 55.0 Å². The van der Waals surface area contributed by atoms with Gasteiger partial charge in [-0.15, -0.1) is 0 Å². The smallest absolute Gasteiger partial charge is 0.163 e. The third-order valence-corrected chi connectivity index (χ3v) is 4.39. The minimum atomic E-state index is 0.827. The predicted octanol–water partition coefficient (Wildman–Crippen LogP) is 4.08. The van der Waals surface area contributed by atoms with Gasteiger partial charge >= 0.3 is 0 Å². The fourth-order valence-corrected chi connectivity index (χ4v) is 3.20. The lowest BCUT2D eigenvalue weighted by Gasteiger charge is -2.12. The molecule has 0 amide bonds. The highest BCUT2D eigenvalue weighted by Gasteiger charge is 2.16. The van der Waals surface area contributed by atoms with Gasteiger partial charge in [0.25, 0.3) is 0 Å². The molecule has 0 bridgehead atoms. The SMILES string of the molecule is COc1cccc(-c2c(C)nc3c(-c4cccnc4)cnn3c2C)c1. The lowest BCUT2D eigenvalue weighted by atomic mass is 10.0. The number of pyridine rings is 1. The van der Waals surface area contributed by atoms with Gasteiger partial charge in [0.1, 0.15) is 5.75 Å². The van der Waals surface area contributed by atoms with E-state index in [9.17, 15) is 0 Å². The van der Waals surface area contributed by atoms with Gasteiger partial charge in [-0.2, -0.15) is 5.10 Å². The topological polar surface area (TPSA) is 52.3 Å². The molecule has 4 rings (SSSR count). The van der Waals surface area contributed by atoms with Crippen molar-refractivity contribution in [1.29, 1.82) is 0 Å². The molecule has 5 heteroatoms. The average Bonchev–Trinajstić information content (AvgIpc) is 3.06. The van der Waals surface area contributed by atoms with Crippen LogP contribution in [0.25, 0.3) is 27.9 Å². The van der Waals surface area contributed by atoms with E-state index in [4.69, 9.17) is 9.72 Å². The first-order valence-electron chi connectivity index (χ1n) is 8.09. The molecule has 0 unspecified atom stereocenters. The van der Waals surface area contributed by atoms with Crippen molar-refractivity contribution >= 4 is 5.65 Å². The third-order valence-electron chi connectivity index (χ3n) is 4.39. The molecule has 0 aliphatic carbocycles. The van der Waals surface area contributed by atoms with Crippen LogP contribution in [0, 0.1) is 13.8 Å². The van der Waals surface area contributed by atoms with E-state index in [1.165, 1.54) is 0 Å². The summed E-state index contributed by atoms with van der Waals surface area (Å²) in [5.74, 6) is 0.827. The van der Waals surface area contributed by atoms with E-state index >= 15 is 0 Å². The van der Waals surface area contributed by atoms with Gasteiger partial charge in [-0.25, -0.2) is 9.50 Å². The van der Waals surface area contributed by atoms with Crippen molar-refractivity contribution in [3.05, 3.63) is 66.4 Å². The number of ether oxygens (including phenoxy) is 1. The Morgan fingerprint density at radius 2 is 1.84 bits per heavy atom. The molecule has 0 N–H and O–H groups in total. The quantitative estimate of drug-likeness (QED) is 0.568. The summed E-state index contributed by atoms with van der Waals surface area (Å²) in [5.41, 5.74) is 6.99. The molecule has 0 atom stereocenters. The van der Waals surface area contributed by atoms with Gasteiger partial charge in [-0.1, -0.05) is 18.2 Å². The maximum atomic E-state index is 5.36. The van der Waals surface area contributed by atoms with E-state index in [1.807, 2.05) is 54.2 Å². The Morgan fingerprint density at radius 1 is 1.00 bits per heavy atom. The number of benzene rings is 1. The maximum absolute atomic E-state index is 5.36. The molecule has 3 aromatic heterocycles. The van der Waals surface area contributed by atoms with Gasteiger partial charge in [-0.3, -0.25) is 4.98 Å². The van der Waals surface area contributed by atoms with Crippen molar-refractivity contribution in [2.45, 2.75) is 13.8 Å². The highest BCUT2D eigenvalue weighted by Crippen LogP contribution is 2.31. The van der Waals surface area contributed by atoms with E-state index in [-0.39, 0.29) is 0 Å². The second-order valence-electron chi connectivity index (χ2n) is 5.92. The molecular weight excluding hydrogens is 312 g/mol. The van der Waals surface area contributed by atoms with Crippen molar-refractivity contribution in [2.24, 2.45) is 0 Å². The lowest BCUT2D eigenvalue weighted by Crippen LogP contribution is -2.02. The zero-order valence-corrected chi connectivity index (χ0v) is 14.4. The molecule has 0 aliphatic heterocycles. The Kier molecular flexibility index (Phi) is 3.69. The van der Waals surface area contributed by atoms with Crippen molar-refractivity contribution in [3.8, 4) is 28.0 Å². The van der Waals surface area contributed by atoms with Crippen LogP contribution in [0.3, 0.4) is 0 Å². The molecule has 0 saturated heterocycles. The monoisotopic (exact) mass is 330 g/mol. The zero-order chi connectivity index (χ0) is 17.4. The van der Waals surface area contributed by atoms with E-state index in [0.717, 1.165) is 45.0 Å². The number of hydrogen-bond donors (Lipinski definition) is 0. The van der Waals surface area contributed by atoms with E-state index in [0.29, 0.717) is 0 Å². The van der Waals surface area contributed by atoms with Crippen LogP contribution < -0.4 is 4.74 Å². The number of fused-ring (bicyclic) bond motifs is 1. The van der Waals surface area contributed by atoms with Gasteiger partial charge in [0.15, 0.2) is 5.65 Å². The first kappa shape index (κ1) is 15.3. The zero-order valence-electron chi connectivity index (χ0n) is 14.4. The molecule has 0 saturated carbocycles. The molecule has 5 nitrogen and oxygen atoms in total. The lowest BCUT2D eigenvalue weighted by molar-refractivity contribution is 0.415. The normalized spacial score (nSPS) is 11.0. The first-order valence-corrected chi connectivity index (χ1v) is 8.09. The standard InChI is InChI=1S/C20H18N4O/c1-13-19(15-6-4-8-17(10-15)25-3)14(2)24-20(23-13)18(12-22-24)16-7-5-9-21-11-16/h4-12H,1-3H3. The molecule has 25 heavy (non-hydrogen) atoms. The largest absolute Gasteiger partial charge is 0.497 e. The summed E-state index contributed by atoms with van der Waals surface area (Å²) in [6, 6.07) is 12.0. The van der Waals surface area contributed by atoms with E-state index in [1.54, 1.807) is 13.3 Å². The maximum Gasteiger partial charge on any atom is 0.163 e. The van der Waals surface area contributed by atoms with Crippen molar-refractivity contribution < 1.29 is 4.74 Å². The summed E-state index contributed by atoms with van der Waals surface area (Å²) in [4.78, 5) is 9.03. The van der Waals surface area contributed by atoms with Crippen LogP contribution in [0.2, 0.25) is 0 Å². The van der Waals surface area contributed by atoms with Crippen LogP contribution in [0.4, 0.5) is 0 Å². The van der Waals surface area contributed by atoms with Gasteiger partial charge in [0.2, 0.25) is 0 Å². The first-order chi connectivity index (χ1) is 12.2. The number of aromatic nitrogens is 4. The molecular formula is C20H18N4O. The van der Waals surface area contributed by atoms with Crippen molar-refractivity contribution in [1.82, 2.24) is 19.6 Å². The fourth-order valence-electron chi connectivity index (χ4n) is 3.20. The number of nitrogens with zero attached hydrogens (tertiary/aromatic N) is 4. The summed E-state index contributed by atoms with van der Waals surface area (Å²) in [5, 5.41) is 4.56. The summed E-state index contributed by atoms with van der Waals surface area (Å²) < 4.78 is 7.25. The molecule has 4 aromatic rings. The van der Waals surface area contributed by atoms with Gasteiger partial charge in [-0.05, 0) is 37.6 Å². The highest BCUT2D eigenvalue weighted by atomic mass is 16.5. The van der Waals surface area contributed by atoms with E-state index < -0.39 is 0 Å². The second kappa shape index (κ2) is 6.02. The second-order valence-corrected chi connectivity index (χ2v) is 5.92. The van der Waals surface area contributed by atoms with Crippen molar-refractivity contribution in [3.63, 3.8) is 0 Å². The van der Waals surface area contributed by atoms with Crippen LogP contribution in [0.1, 0.15) is 11.4 Å². The molecule has 0 aliphatic rings. The van der Waals surface area contributed by atoms with Crippen LogP contribution in [0.5, 0.6) is 5.75 Å². The molecule has 1 aromatic carbocycles. The Bertz CT molecular complexity index is 1050. The molecule has 0 spiro atoms. The third kappa shape index (κ3) is 2.54. The summed E-state index contributed by atoms with van der Waals surface area (Å²) >= 11 is 0. The summed E-state index contributed by atoms with van der Waals surface area (Å²) in [6.07, 6.45) is 5.44. The minimum absolute atomic E-state index is 0.827. The van der Waals surface area contributed by atoms with Crippen LogP contribution in [-0.2, 0) is 0 Å². The average molecular weight is 330 g/mol. The van der Waals surface area contributed by atoms with Crippen LogP contribution in [-0.4, -0.2) is 26.7 Å².